The van der Waals surface area contributed by atoms with Gasteiger partial charge in [-0.3, -0.25) is 9.79 Å². The molecule has 0 saturated carbocycles. The Morgan fingerprint density at radius 3 is 2.65 bits per heavy atom. The van der Waals surface area contributed by atoms with Gasteiger partial charge in [0.15, 0.2) is 5.96 Å². The molecule has 0 aliphatic carbocycles. The van der Waals surface area contributed by atoms with Crippen LogP contribution in [0.4, 0.5) is 5.13 Å². The number of nitrogens with zero attached hydrogens (tertiary/aromatic N) is 5. The van der Waals surface area contributed by atoms with E-state index in [9.17, 15) is 4.79 Å². The fourth-order valence-electron chi connectivity index (χ4n) is 2.72. The third kappa shape index (κ3) is 6.12. The van der Waals surface area contributed by atoms with Crippen molar-refractivity contribution in [2.45, 2.75) is 39.5 Å². The summed E-state index contributed by atoms with van der Waals surface area (Å²) in [5.74, 6) is 1.73. The van der Waals surface area contributed by atoms with Gasteiger partial charge in [-0.25, -0.2) is 4.98 Å². The highest BCUT2D eigenvalue weighted by molar-refractivity contribution is 7.09. The van der Waals surface area contributed by atoms with Gasteiger partial charge in [0, 0.05) is 63.6 Å². The molecule has 2 heterocycles. The van der Waals surface area contributed by atoms with E-state index in [1.54, 1.807) is 0 Å². The maximum atomic E-state index is 11.1. The number of anilines is 1. The molecule has 0 bridgehead atoms. The summed E-state index contributed by atoms with van der Waals surface area (Å²) in [4.78, 5) is 25.0. The van der Waals surface area contributed by atoms with Gasteiger partial charge in [0.1, 0.15) is 5.82 Å². The van der Waals surface area contributed by atoms with Crippen molar-refractivity contribution in [3.63, 3.8) is 0 Å². The summed E-state index contributed by atoms with van der Waals surface area (Å²) >= 11 is 1.49. The molecule has 1 aromatic rings. The average molecular weight is 383 g/mol. The highest BCUT2D eigenvalue weighted by atomic mass is 32.1. The molecular formula is C17H30N6O2S. The van der Waals surface area contributed by atoms with E-state index in [0.717, 1.165) is 75.4 Å². The number of ether oxygens (including phenoxy) is 1. The van der Waals surface area contributed by atoms with Crippen molar-refractivity contribution < 1.29 is 9.53 Å². The summed E-state index contributed by atoms with van der Waals surface area (Å²) in [6, 6.07) is 0. The summed E-state index contributed by atoms with van der Waals surface area (Å²) < 4.78 is 9.03. The second-order valence-electron chi connectivity index (χ2n) is 6.09. The Balaban J connectivity index is 1.80. The Bertz CT molecular complexity index is 584. The lowest BCUT2D eigenvalue weighted by Crippen LogP contribution is -2.52. The molecule has 0 unspecified atom stereocenters. The third-order valence-electron chi connectivity index (χ3n) is 4.24. The zero-order valence-corrected chi connectivity index (χ0v) is 16.8. The number of aliphatic imine (C=N–C) groups is 1. The van der Waals surface area contributed by atoms with Crippen LogP contribution in [-0.2, 0) is 16.0 Å². The van der Waals surface area contributed by atoms with Gasteiger partial charge in [-0.2, -0.15) is 4.37 Å². The van der Waals surface area contributed by atoms with Crippen LogP contribution in [0.1, 0.15) is 38.9 Å². The summed E-state index contributed by atoms with van der Waals surface area (Å²) in [6.07, 6.45) is 3.03. The summed E-state index contributed by atoms with van der Waals surface area (Å²) in [5.41, 5.74) is 0. The van der Waals surface area contributed by atoms with E-state index in [2.05, 4.69) is 43.1 Å². The lowest BCUT2D eigenvalue weighted by atomic mass is 10.2. The number of guanidine groups is 1. The lowest BCUT2D eigenvalue weighted by molar-refractivity contribution is -0.140. The zero-order chi connectivity index (χ0) is 18.8. The predicted octanol–water partition coefficient (Wildman–Crippen LogP) is 1.53. The van der Waals surface area contributed by atoms with Gasteiger partial charge in [-0.05, 0) is 19.8 Å². The monoisotopic (exact) mass is 382 g/mol. The van der Waals surface area contributed by atoms with E-state index in [1.165, 1.54) is 18.6 Å². The van der Waals surface area contributed by atoms with Crippen molar-refractivity contribution in [2.24, 2.45) is 4.99 Å². The number of carbonyl (C=O) groups is 1. The molecule has 1 fully saturated rings. The molecular weight excluding hydrogens is 352 g/mol. The predicted molar refractivity (Wildman–Crippen MR) is 105 cm³/mol. The van der Waals surface area contributed by atoms with Crippen LogP contribution in [0.25, 0.3) is 0 Å². The average Bonchev–Trinajstić information content (AvgIpc) is 3.16. The molecule has 146 valence electrons. The van der Waals surface area contributed by atoms with Gasteiger partial charge in [-0.15, -0.1) is 0 Å². The van der Waals surface area contributed by atoms with Crippen LogP contribution in [-0.4, -0.2) is 72.6 Å². The molecule has 1 aliphatic rings. The van der Waals surface area contributed by atoms with Crippen molar-refractivity contribution in [1.29, 1.82) is 0 Å². The summed E-state index contributed by atoms with van der Waals surface area (Å²) in [7, 11) is 1.42. The second-order valence-corrected chi connectivity index (χ2v) is 6.82. The highest BCUT2D eigenvalue weighted by Crippen LogP contribution is 2.19. The number of hydrogen-bond donors (Lipinski definition) is 1. The van der Waals surface area contributed by atoms with Gasteiger partial charge >= 0.3 is 5.97 Å². The molecule has 2 rings (SSSR count). The molecule has 9 heteroatoms. The number of nitrogens with one attached hydrogen (secondary N) is 1. The minimum atomic E-state index is -0.153. The Kier molecular flexibility index (Phi) is 8.60. The number of rotatable bonds is 8. The van der Waals surface area contributed by atoms with Crippen molar-refractivity contribution in [3.8, 4) is 0 Å². The van der Waals surface area contributed by atoms with E-state index >= 15 is 0 Å². The Morgan fingerprint density at radius 1 is 1.27 bits per heavy atom. The first-order valence-electron chi connectivity index (χ1n) is 9.35. The van der Waals surface area contributed by atoms with Crippen molar-refractivity contribution >= 4 is 28.6 Å². The van der Waals surface area contributed by atoms with Gasteiger partial charge in [0.25, 0.3) is 0 Å². The summed E-state index contributed by atoms with van der Waals surface area (Å²) in [6.45, 7) is 9.39. The van der Waals surface area contributed by atoms with E-state index in [-0.39, 0.29) is 5.97 Å². The minimum Gasteiger partial charge on any atom is -0.469 e. The van der Waals surface area contributed by atoms with Crippen LogP contribution >= 0.6 is 11.5 Å². The minimum absolute atomic E-state index is 0.153. The first kappa shape index (κ1) is 20.4. The van der Waals surface area contributed by atoms with Crippen molar-refractivity contribution in [1.82, 2.24) is 19.6 Å². The normalized spacial score (nSPS) is 15.3. The van der Waals surface area contributed by atoms with Gasteiger partial charge in [0.05, 0.1) is 7.11 Å². The lowest BCUT2D eigenvalue weighted by Gasteiger charge is -2.36. The largest absolute Gasteiger partial charge is 0.469 e. The SMILES string of the molecule is CCNC(=NCCCCC(=O)OC)N1CCN(c2nc(CC)ns2)CC1. The first-order chi connectivity index (χ1) is 12.7. The van der Waals surface area contributed by atoms with Gasteiger partial charge in [0.2, 0.25) is 5.13 Å². The molecule has 1 saturated heterocycles. The van der Waals surface area contributed by atoms with Crippen LogP contribution in [0.3, 0.4) is 0 Å². The molecule has 0 atom stereocenters. The van der Waals surface area contributed by atoms with E-state index in [1.807, 2.05) is 0 Å². The number of piperazine rings is 1. The number of carbonyl (C=O) groups excluding carboxylic acids is 1. The van der Waals surface area contributed by atoms with Crippen LogP contribution in [0.5, 0.6) is 0 Å². The van der Waals surface area contributed by atoms with Crippen LogP contribution in [0.2, 0.25) is 0 Å². The molecule has 1 aromatic heterocycles. The number of esters is 1. The second kappa shape index (κ2) is 10.9. The third-order valence-corrected chi connectivity index (χ3v) is 5.05. The fourth-order valence-corrected chi connectivity index (χ4v) is 3.52. The number of unbranched alkanes of at least 4 members (excludes halogenated alkanes) is 1. The molecule has 0 amide bonds. The molecule has 0 radical (unpaired) electrons. The Hall–Kier alpha value is -1.90. The summed E-state index contributed by atoms with van der Waals surface area (Å²) in [5, 5.41) is 4.39. The van der Waals surface area contributed by atoms with E-state index in [4.69, 9.17) is 4.99 Å². The Morgan fingerprint density at radius 2 is 2.04 bits per heavy atom. The van der Waals surface area contributed by atoms with Crippen LogP contribution in [0, 0.1) is 0 Å². The smallest absolute Gasteiger partial charge is 0.305 e. The van der Waals surface area contributed by atoms with Gasteiger partial charge < -0.3 is 19.9 Å². The topological polar surface area (TPSA) is 83.0 Å². The molecule has 8 nitrogen and oxygen atoms in total. The van der Waals surface area contributed by atoms with Crippen LogP contribution in [0.15, 0.2) is 4.99 Å². The van der Waals surface area contributed by atoms with Crippen molar-refractivity contribution in [3.05, 3.63) is 5.82 Å². The number of methoxy groups -OCH3 is 1. The van der Waals surface area contributed by atoms with Gasteiger partial charge in [-0.1, -0.05) is 6.92 Å². The fraction of sp³-hybridized carbons (Fsp3) is 0.765. The molecule has 0 spiro atoms. The molecule has 1 aliphatic heterocycles. The maximum absolute atomic E-state index is 11.1. The highest BCUT2D eigenvalue weighted by Gasteiger charge is 2.21. The van der Waals surface area contributed by atoms with E-state index in [0.29, 0.717) is 6.42 Å². The molecule has 0 aromatic carbocycles. The number of aryl methyl sites for hydroxylation is 1. The standard InChI is InChI=1S/C17H30N6O2S/c1-4-14-20-17(26-21-14)23-12-10-22(11-13-23)16(18-5-2)19-9-7-6-8-15(24)25-3/h4-13H2,1-3H3,(H,18,19). The maximum Gasteiger partial charge on any atom is 0.305 e. The Labute approximate surface area is 159 Å². The van der Waals surface area contributed by atoms with Crippen LogP contribution < -0.4 is 10.2 Å². The number of hydrogen-bond acceptors (Lipinski definition) is 7. The molecule has 1 N–H and O–H groups in total. The molecule has 26 heavy (non-hydrogen) atoms. The zero-order valence-electron chi connectivity index (χ0n) is 16.0. The quantitative estimate of drug-likeness (QED) is 0.316. The number of aromatic nitrogens is 2. The van der Waals surface area contributed by atoms with Crippen molar-refractivity contribution in [2.75, 3.05) is 51.3 Å². The van der Waals surface area contributed by atoms with E-state index < -0.39 is 0 Å². The first-order valence-corrected chi connectivity index (χ1v) is 10.1.